The zero-order valence-electron chi connectivity index (χ0n) is 12.3. The van der Waals surface area contributed by atoms with E-state index in [1.165, 1.54) is 29.6 Å². The molecule has 6 nitrogen and oxygen atoms in total. The minimum absolute atomic E-state index is 0.00243. The van der Waals surface area contributed by atoms with E-state index >= 15 is 0 Å². The van der Waals surface area contributed by atoms with Gasteiger partial charge in [-0.3, -0.25) is 9.18 Å². The lowest BCUT2D eigenvalue weighted by Crippen LogP contribution is -2.40. The van der Waals surface area contributed by atoms with Crippen molar-refractivity contribution in [3.05, 3.63) is 23.8 Å². The normalized spacial score (nSPS) is 19.8. The summed E-state index contributed by atoms with van der Waals surface area (Å²) in [4.78, 5) is 11.4. The standard InChI is InChI=1S/C14H19FN2O4S/c1-21-13-5-4-11(7-12(13)14(16)18)22(19,20)17-6-2-3-10(8-15)9-17/h4-5,7,10H,2-3,6,8-9H2,1H3,(H2,16,18). The number of nitrogens with two attached hydrogens (primary N) is 1. The largest absolute Gasteiger partial charge is 0.496 e. The molecule has 1 heterocycles. The smallest absolute Gasteiger partial charge is 0.252 e. The summed E-state index contributed by atoms with van der Waals surface area (Å²) in [6.45, 7) is -0.0469. The van der Waals surface area contributed by atoms with Gasteiger partial charge in [-0.1, -0.05) is 0 Å². The summed E-state index contributed by atoms with van der Waals surface area (Å²) in [6.07, 6.45) is 1.30. The van der Waals surface area contributed by atoms with Crippen LogP contribution in [0.1, 0.15) is 23.2 Å². The van der Waals surface area contributed by atoms with E-state index in [4.69, 9.17) is 10.5 Å². The van der Waals surface area contributed by atoms with Crippen LogP contribution in [-0.4, -0.2) is 45.5 Å². The summed E-state index contributed by atoms with van der Waals surface area (Å²) in [6, 6.07) is 3.96. The van der Waals surface area contributed by atoms with E-state index in [2.05, 4.69) is 0 Å². The molecule has 1 unspecified atom stereocenters. The molecule has 2 N–H and O–H groups in total. The molecule has 0 aliphatic carbocycles. The van der Waals surface area contributed by atoms with Crippen LogP contribution in [0.5, 0.6) is 5.75 Å². The molecule has 0 aromatic heterocycles. The van der Waals surface area contributed by atoms with Gasteiger partial charge in [-0.15, -0.1) is 0 Å². The molecule has 122 valence electrons. The third-order valence-corrected chi connectivity index (χ3v) is 5.64. The number of carbonyl (C=O) groups excluding carboxylic acids is 1. The number of hydrogen-bond donors (Lipinski definition) is 1. The Balaban J connectivity index is 2.37. The van der Waals surface area contributed by atoms with Crippen molar-refractivity contribution in [1.82, 2.24) is 4.31 Å². The first kappa shape index (κ1) is 16.7. The maximum atomic E-state index is 12.8. The number of nitrogens with zero attached hydrogens (tertiary/aromatic N) is 1. The van der Waals surface area contributed by atoms with Crippen molar-refractivity contribution in [3.63, 3.8) is 0 Å². The van der Waals surface area contributed by atoms with Crippen LogP contribution >= 0.6 is 0 Å². The fourth-order valence-corrected chi connectivity index (χ4v) is 4.14. The number of sulfonamides is 1. The number of primary amides is 1. The summed E-state index contributed by atoms with van der Waals surface area (Å²) in [7, 11) is -2.42. The molecule has 1 saturated heterocycles. The minimum Gasteiger partial charge on any atom is -0.496 e. The van der Waals surface area contributed by atoms with Crippen LogP contribution in [0.2, 0.25) is 0 Å². The highest BCUT2D eigenvalue weighted by Gasteiger charge is 2.31. The molecule has 1 aliphatic heterocycles. The molecule has 1 atom stereocenters. The van der Waals surface area contributed by atoms with Crippen molar-refractivity contribution in [2.24, 2.45) is 11.7 Å². The lowest BCUT2D eigenvalue weighted by Gasteiger charge is -2.30. The van der Waals surface area contributed by atoms with Gasteiger partial charge >= 0.3 is 0 Å². The average molecular weight is 330 g/mol. The van der Waals surface area contributed by atoms with Gasteiger partial charge in [0.1, 0.15) is 5.75 Å². The number of halogens is 1. The molecular weight excluding hydrogens is 311 g/mol. The number of piperidine rings is 1. The topological polar surface area (TPSA) is 89.7 Å². The lowest BCUT2D eigenvalue weighted by atomic mass is 10.0. The van der Waals surface area contributed by atoms with E-state index in [1.807, 2.05) is 0 Å². The predicted octanol–water partition coefficient (Wildman–Crippen LogP) is 1.16. The van der Waals surface area contributed by atoms with E-state index in [9.17, 15) is 17.6 Å². The third-order valence-electron chi connectivity index (χ3n) is 3.77. The van der Waals surface area contributed by atoms with E-state index in [0.717, 1.165) is 0 Å². The molecule has 0 saturated carbocycles. The van der Waals surface area contributed by atoms with Gasteiger partial charge in [-0.05, 0) is 31.0 Å². The average Bonchev–Trinajstić information content (AvgIpc) is 2.54. The van der Waals surface area contributed by atoms with Gasteiger partial charge < -0.3 is 10.5 Å². The number of benzene rings is 1. The van der Waals surface area contributed by atoms with Gasteiger partial charge in [0.05, 0.1) is 24.2 Å². The fourth-order valence-electron chi connectivity index (χ4n) is 2.56. The first-order chi connectivity index (χ1) is 10.4. The lowest BCUT2D eigenvalue weighted by molar-refractivity contribution is 0.0997. The summed E-state index contributed by atoms with van der Waals surface area (Å²) < 4.78 is 44.3. The van der Waals surface area contributed by atoms with Crippen LogP contribution < -0.4 is 10.5 Å². The Morgan fingerprint density at radius 1 is 1.50 bits per heavy atom. The summed E-state index contributed by atoms with van der Waals surface area (Å²) in [5, 5.41) is 0. The number of carbonyl (C=O) groups is 1. The first-order valence-corrected chi connectivity index (χ1v) is 8.38. The highest BCUT2D eigenvalue weighted by molar-refractivity contribution is 7.89. The van der Waals surface area contributed by atoms with Crippen LogP contribution in [0.4, 0.5) is 4.39 Å². The maximum Gasteiger partial charge on any atom is 0.252 e. The number of ether oxygens (including phenoxy) is 1. The molecule has 0 radical (unpaired) electrons. The molecule has 22 heavy (non-hydrogen) atoms. The predicted molar refractivity (Wildman–Crippen MR) is 79.0 cm³/mol. The molecule has 1 aromatic carbocycles. The van der Waals surface area contributed by atoms with Crippen molar-refractivity contribution >= 4 is 15.9 Å². The summed E-state index contributed by atoms with van der Waals surface area (Å²) in [5.41, 5.74) is 5.25. The Hall–Kier alpha value is -1.67. The van der Waals surface area contributed by atoms with Crippen molar-refractivity contribution < 1.29 is 22.3 Å². The minimum atomic E-state index is -3.78. The van der Waals surface area contributed by atoms with Gasteiger partial charge in [-0.2, -0.15) is 4.31 Å². The number of alkyl halides is 1. The molecule has 0 spiro atoms. The van der Waals surface area contributed by atoms with Gasteiger partial charge in [0.25, 0.3) is 5.91 Å². The van der Waals surface area contributed by atoms with Crippen LogP contribution in [0.15, 0.2) is 23.1 Å². The fraction of sp³-hybridized carbons (Fsp3) is 0.500. The van der Waals surface area contributed by atoms with E-state index < -0.39 is 22.6 Å². The number of hydrogen-bond acceptors (Lipinski definition) is 4. The Labute approximate surface area is 129 Å². The second-order valence-electron chi connectivity index (χ2n) is 5.25. The van der Waals surface area contributed by atoms with E-state index in [0.29, 0.717) is 19.4 Å². The van der Waals surface area contributed by atoms with E-state index in [1.54, 1.807) is 0 Å². The monoisotopic (exact) mass is 330 g/mol. The SMILES string of the molecule is COc1ccc(S(=O)(=O)N2CCCC(CF)C2)cc1C(N)=O. The number of amides is 1. The van der Waals surface area contributed by atoms with E-state index in [-0.39, 0.29) is 28.7 Å². The van der Waals surface area contributed by atoms with Crippen LogP contribution in [0, 0.1) is 5.92 Å². The quantitative estimate of drug-likeness (QED) is 0.877. The van der Waals surface area contributed by atoms with Crippen molar-refractivity contribution in [2.75, 3.05) is 26.9 Å². The molecule has 1 amide bonds. The summed E-state index contributed by atoms with van der Waals surface area (Å²) in [5.74, 6) is -0.835. The molecule has 0 bridgehead atoms. The second kappa shape index (κ2) is 6.62. The maximum absolute atomic E-state index is 12.8. The van der Waals surface area contributed by atoms with Gasteiger partial charge in [-0.25, -0.2) is 8.42 Å². The third kappa shape index (κ3) is 3.22. The van der Waals surface area contributed by atoms with Gasteiger partial charge in [0.2, 0.25) is 10.0 Å². The molecule has 1 aliphatic rings. The Kier molecular flexibility index (Phi) is 5.02. The highest BCUT2D eigenvalue weighted by Crippen LogP contribution is 2.27. The molecule has 1 aromatic rings. The van der Waals surface area contributed by atoms with Crippen LogP contribution in [-0.2, 0) is 10.0 Å². The highest BCUT2D eigenvalue weighted by atomic mass is 32.2. The Morgan fingerprint density at radius 3 is 2.82 bits per heavy atom. The molecule has 1 fully saturated rings. The Bertz CT molecular complexity index is 663. The first-order valence-electron chi connectivity index (χ1n) is 6.94. The second-order valence-corrected chi connectivity index (χ2v) is 7.19. The zero-order valence-corrected chi connectivity index (χ0v) is 13.1. The molecule has 2 rings (SSSR count). The molecule has 8 heteroatoms. The molecular formula is C14H19FN2O4S. The van der Waals surface area contributed by atoms with Gasteiger partial charge in [0, 0.05) is 19.0 Å². The summed E-state index contributed by atoms with van der Waals surface area (Å²) >= 11 is 0. The Morgan fingerprint density at radius 2 is 2.23 bits per heavy atom. The van der Waals surface area contributed by atoms with Crippen molar-refractivity contribution in [2.45, 2.75) is 17.7 Å². The van der Waals surface area contributed by atoms with Gasteiger partial charge in [0.15, 0.2) is 0 Å². The number of methoxy groups -OCH3 is 1. The van der Waals surface area contributed by atoms with Crippen molar-refractivity contribution in [3.8, 4) is 5.75 Å². The van der Waals surface area contributed by atoms with Crippen LogP contribution in [0.25, 0.3) is 0 Å². The van der Waals surface area contributed by atoms with Crippen molar-refractivity contribution in [1.29, 1.82) is 0 Å². The number of rotatable bonds is 5. The van der Waals surface area contributed by atoms with Crippen LogP contribution in [0.3, 0.4) is 0 Å². The zero-order chi connectivity index (χ0) is 16.3.